The third kappa shape index (κ3) is 5.89. The lowest BCUT2D eigenvalue weighted by Gasteiger charge is -2.09. The summed E-state index contributed by atoms with van der Waals surface area (Å²) in [4.78, 5) is 8.34. The highest BCUT2D eigenvalue weighted by atomic mass is 16.5. The molecule has 1 aromatic rings. The summed E-state index contributed by atoms with van der Waals surface area (Å²) in [5.74, 6) is 1.53. The highest BCUT2D eigenvalue weighted by molar-refractivity contribution is 5.79. The van der Waals surface area contributed by atoms with Gasteiger partial charge in [-0.25, -0.2) is 4.99 Å². The highest BCUT2D eigenvalue weighted by Crippen LogP contribution is 2.05. The fourth-order valence-corrected chi connectivity index (χ4v) is 1.26. The van der Waals surface area contributed by atoms with E-state index in [1.54, 1.807) is 18.5 Å². The Bertz CT molecular complexity index is 365. The Labute approximate surface area is 108 Å². The number of guanidine groups is 1. The third-order valence-electron chi connectivity index (χ3n) is 2.02. The van der Waals surface area contributed by atoms with E-state index in [9.17, 15) is 0 Å². The van der Waals surface area contributed by atoms with Gasteiger partial charge in [0.1, 0.15) is 12.4 Å². The second-order valence-electron chi connectivity index (χ2n) is 3.47. The molecule has 98 valence electrons. The average Bonchev–Trinajstić information content (AvgIpc) is 2.42. The number of aliphatic imine (C=N–C) groups is 1. The van der Waals surface area contributed by atoms with Crippen LogP contribution in [0.25, 0.3) is 0 Å². The van der Waals surface area contributed by atoms with Crippen molar-refractivity contribution < 1.29 is 4.74 Å². The summed E-state index contributed by atoms with van der Waals surface area (Å²) >= 11 is 0. The summed E-state index contributed by atoms with van der Waals surface area (Å²) in [5.41, 5.74) is 0. The van der Waals surface area contributed by atoms with Crippen LogP contribution in [-0.4, -0.2) is 37.2 Å². The number of hydrogen-bond donors (Lipinski definition) is 2. The molecule has 0 radical (unpaired) electrons. The van der Waals surface area contributed by atoms with Gasteiger partial charge in [0, 0.05) is 19.3 Å². The van der Waals surface area contributed by atoms with E-state index < -0.39 is 0 Å². The van der Waals surface area contributed by atoms with Crippen LogP contribution in [0.1, 0.15) is 6.92 Å². The highest BCUT2D eigenvalue weighted by Gasteiger charge is 1.95. The second kappa shape index (κ2) is 9.04. The predicted molar refractivity (Wildman–Crippen MR) is 73.9 cm³/mol. The van der Waals surface area contributed by atoms with Crippen molar-refractivity contribution in [2.24, 2.45) is 4.99 Å². The van der Waals surface area contributed by atoms with Crippen LogP contribution >= 0.6 is 0 Å². The average molecular weight is 248 g/mol. The molecule has 2 N–H and O–H groups in total. The molecule has 5 heteroatoms. The number of hydrogen-bond acceptors (Lipinski definition) is 3. The standard InChI is InChI=1S/C13H20N4O/c1-3-7-16-13(15-4-2)17-9-10-18-12-6-5-8-14-11-12/h3,5-6,8,11H,1,4,7,9-10H2,2H3,(H2,15,16,17). The lowest BCUT2D eigenvalue weighted by molar-refractivity contribution is 0.327. The minimum atomic E-state index is 0.524. The van der Waals surface area contributed by atoms with Gasteiger partial charge in [0.05, 0.1) is 12.7 Å². The van der Waals surface area contributed by atoms with Crippen molar-refractivity contribution >= 4 is 5.96 Å². The summed E-state index contributed by atoms with van der Waals surface area (Å²) in [7, 11) is 0. The fraction of sp³-hybridized carbons (Fsp3) is 0.385. The lowest BCUT2D eigenvalue weighted by atomic mass is 10.5. The van der Waals surface area contributed by atoms with Crippen molar-refractivity contribution in [3.63, 3.8) is 0 Å². The molecule has 0 saturated carbocycles. The fourth-order valence-electron chi connectivity index (χ4n) is 1.26. The second-order valence-corrected chi connectivity index (χ2v) is 3.47. The van der Waals surface area contributed by atoms with Crippen LogP contribution < -0.4 is 15.4 Å². The van der Waals surface area contributed by atoms with E-state index in [0.717, 1.165) is 18.3 Å². The molecule has 0 amide bonds. The van der Waals surface area contributed by atoms with E-state index in [1.165, 1.54) is 0 Å². The topological polar surface area (TPSA) is 58.5 Å². The van der Waals surface area contributed by atoms with Gasteiger partial charge < -0.3 is 15.4 Å². The summed E-state index contributed by atoms with van der Waals surface area (Å²) in [6.45, 7) is 8.30. The van der Waals surface area contributed by atoms with Crippen molar-refractivity contribution in [3.05, 3.63) is 37.2 Å². The SMILES string of the molecule is C=CCNC(=NCCOc1cccnc1)NCC. The molecule has 0 aromatic carbocycles. The van der Waals surface area contributed by atoms with Crippen molar-refractivity contribution in [3.8, 4) is 5.75 Å². The van der Waals surface area contributed by atoms with E-state index in [1.807, 2.05) is 19.1 Å². The molecule has 0 atom stereocenters. The maximum Gasteiger partial charge on any atom is 0.191 e. The van der Waals surface area contributed by atoms with Crippen LogP contribution in [0, 0.1) is 0 Å². The summed E-state index contributed by atoms with van der Waals surface area (Å²) in [6.07, 6.45) is 5.19. The van der Waals surface area contributed by atoms with Crippen molar-refractivity contribution in [2.75, 3.05) is 26.2 Å². The molecule has 0 aliphatic rings. The van der Waals surface area contributed by atoms with Gasteiger partial charge in [0.2, 0.25) is 0 Å². The van der Waals surface area contributed by atoms with E-state index in [4.69, 9.17) is 4.74 Å². The predicted octanol–water partition coefficient (Wildman–Crippen LogP) is 1.20. The van der Waals surface area contributed by atoms with E-state index in [0.29, 0.717) is 19.7 Å². The van der Waals surface area contributed by atoms with E-state index >= 15 is 0 Å². The Balaban J connectivity index is 2.29. The molecule has 5 nitrogen and oxygen atoms in total. The molecular weight excluding hydrogens is 228 g/mol. The minimum Gasteiger partial charge on any atom is -0.490 e. The monoisotopic (exact) mass is 248 g/mol. The largest absolute Gasteiger partial charge is 0.490 e. The number of pyridine rings is 1. The molecule has 1 aromatic heterocycles. The summed E-state index contributed by atoms with van der Waals surface area (Å²) < 4.78 is 5.49. The smallest absolute Gasteiger partial charge is 0.191 e. The first-order valence-corrected chi connectivity index (χ1v) is 6.02. The van der Waals surface area contributed by atoms with Crippen LogP contribution in [0.15, 0.2) is 42.2 Å². The quantitative estimate of drug-likeness (QED) is 0.329. The van der Waals surface area contributed by atoms with Gasteiger partial charge >= 0.3 is 0 Å². The van der Waals surface area contributed by atoms with Gasteiger partial charge in [-0.15, -0.1) is 6.58 Å². The Morgan fingerprint density at radius 3 is 3.11 bits per heavy atom. The van der Waals surface area contributed by atoms with Crippen LogP contribution in [0.5, 0.6) is 5.75 Å². The molecule has 1 rings (SSSR count). The van der Waals surface area contributed by atoms with Gasteiger partial charge in [0.25, 0.3) is 0 Å². The zero-order valence-electron chi connectivity index (χ0n) is 10.7. The number of nitrogens with one attached hydrogen (secondary N) is 2. The molecule has 0 fully saturated rings. The zero-order chi connectivity index (χ0) is 13.1. The van der Waals surface area contributed by atoms with Crippen molar-refractivity contribution in [2.45, 2.75) is 6.92 Å². The summed E-state index contributed by atoms with van der Waals surface area (Å²) in [6, 6.07) is 3.71. The van der Waals surface area contributed by atoms with Crippen LogP contribution in [-0.2, 0) is 0 Å². The van der Waals surface area contributed by atoms with Crippen LogP contribution in [0.4, 0.5) is 0 Å². The maximum atomic E-state index is 5.49. The molecule has 0 aliphatic carbocycles. The normalized spacial score (nSPS) is 10.8. The number of nitrogens with zero attached hydrogens (tertiary/aromatic N) is 2. The van der Waals surface area contributed by atoms with Crippen LogP contribution in [0.2, 0.25) is 0 Å². The first-order chi connectivity index (χ1) is 8.86. The van der Waals surface area contributed by atoms with Gasteiger partial charge in [0.15, 0.2) is 5.96 Å². The van der Waals surface area contributed by atoms with Gasteiger partial charge in [-0.05, 0) is 19.1 Å². The molecule has 1 heterocycles. The molecule has 0 unspecified atom stereocenters. The van der Waals surface area contributed by atoms with E-state index in [-0.39, 0.29) is 0 Å². The first-order valence-electron chi connectivity index (χ1n) is 6.02. The Morgan fingerprint density at radius 2 is 2.44 bits per heavy atom. The molecular formula is C13H20N4O. The van der Waals surface area contributed by atoms with Gasteiger partial charge in [-0.3, -0.25) is 4.98 Å². The summed E-state index contributed by atoms with van der Waals surface area (Å²) in [5, 5.41) is 6.26. The van der Waals surface area contributed by atoms with Gasteiger partial charge in [-0.2, -0.15) is 0 Å². The molecule has 18 heavy (non-hydrogen) atoms. The maximum absolute atomic E-state index is 5.49. The van der Waals surface area contributed by atoms with Crippen molar-refractivity contribution in [1.82, 2.24) is 15.6 Å². The van der Waals surface area contributed by atoms with Gasteiger partial charge in [-0.1, -0.05) is 6.08 Å². The first kappa shape index (κ1) is 14.0. The number of ether oxygens (including phenoxy) is 1. The van der Waals surface area contributed by atoms with Crippen molar-refractivity contribution in [1.29, 1.82) is 0 Å². The Kier molecular flexibility index (Phi) is 7.04. The molecule has 0 bridgehead atoms. The molecule has 0 aliphatic heterocycles. The van der Waals surface area contributed by atoms with Crippen LogP contribution in [0.3, 0.4) is 0 Å². The lowest BCUT2D eigenvalue weighted by Crippen LogP contribution is -2.37. The zero-order valence-corrected chi connectivity index (χ0v) is 10.7. The number of aromatic nitrogens is 1. The molecule has 0 spiro atoms. The van der Waals surface area contributed by atoms with E-state index in [2.05, 4.69) is 27.2 Å². The molecule has 0 saturated heterocycles. The minimum absolute atomic E-state index is 0.524. The Hall–Kier alpha value is -2.04. The Morgan fingerprint density at radius 1 is 1.56 bits per heavy atom. The third-order valence-corrected chi connectivity index (χ3v) is 2.02. The number of rotatable bonds is 7.